The standard InChI is InChI=1S/C14H17BrN2OS/c1-3-7-17-13(19)11-9-10(15)5-6-12(11)16-14(17)18-8-4-2/h5-6,9H,3-4,7-8H2,1-2H3. The predicted molar refractivity (Wildman–Crippen MR) is 84.3 cm³/mol. The summed E-state index contributed by atoms with van der Waals surface area (Å²) < 4.78 is 9.52. The number of ether oxygens (including phenoxy) is 1. The quantitative estimate of drug-likeness (QED) is 0.736. The second kappa shape index (κ2) is 6.48. The lowest BCUT2D eigenvalue weighted by Crippen LogP contribution is -2.10. The fraction of sp³-hybridized carbons (Fsp3) is 0.429. The highest BCUT2D eigenvalue weighted by Gasteiger charge is 2.09. The van der Waals surface area contributed by atoms with Gasteiger partial charge in [0.05, 0.1) is 12.1 Å². The third-order valence-corrected chi connectivity index (χ3v) is 3.70. The molecule has 0 saturated carbocycles. The van der Waals surface area contributed by atoms with Crippen LogP contribution in [0.4, 0.5) is 0 Å². The summed E-state index contributed by atoms with van der Waals surface area (Å²) in [5, 5.41) is 0.988. The number of aromatic nitrogens is 2. The highest BCUT2D eigenvalue weighted by atomic mass is 79.9. The molecule has 0 aliphatic heterocycles. The highest BCUT2D eigenvalue weighted by molar-refractivity contribution is 9.10. The average molecular weight is 341 g/mol. The molecule has 0 spiro atoms. The van der Waals surface area contributed by atoms with Crippen LogP contribution in [0.1, 0.15) is 26.7 Å². The van der Waals surface area contributed by atoms with E-state index < -0.39 is 0 Å². The second-order valence-corrected chi connectivity index (χ2v) is 5.66. The Balaban J connectivity index is 2.63. The SMILES string of the molecule is CCCOc1nc2ccc(Br)cc2c(=S)n1CCC. The zero-order valence-corrected chi connectivity index (χ0v) is 13.6. The van der Waals surface area contributed by atoms with E-state index in [-0.39, 0.29) is 0 Å². The van der Waals surface area contributed by atoms with Crippen molar-refractivity contribution in [2.75, 3.05) is 6.61 Å². The molecule has 1 aromatic heterocycles. The predicted octanol–water partition coefficient (Wildman–Crippen LogP) is 4.73. The van der Waals surface area contributed by atoms with Crippen LogP contribution < -0.4 is 4.74 Å². The van der Waals surface area contributed by atoms with E-state index in [4.69, 9.17) is 17.0 Å². The van der Waals surface area contributed by atoms with E-state index in [2.05, 4.69) is 34.8 Å². The Kier molecular flexibility index (Phi) is 4.93. The van der Waals surface area contributed by atoms with Gasteiger partial charge in [-0.25, -0.2) is 0 Å². The number of hydrogen-bond acceptors (Lipinski definition) is 3. The Morgan fingerprint density at radius 1 is 1.32 bits per heavy atom. The molecule has 1 aromatic carbocycles. The minimum Gasteiger partial charge on any atom is -0.465 e. The third kappa shape index (κ3) is 3.15. The van der Waals surface area contributed by atoms with E-state index in [0.717, 1.165) is 39.4 Å². The molecule has 0 atom stereocenters. The van der Waals surface area contributed by atoms with Crippen molar-refractivity contribution in [1.29, 1.82) is 0 Å². The maximum atomic E-state index is 5.73. The van der Waals surface area contributed by atoms with Gasteiger partial charge in [-0.15, -0.1) is 0 Å². The molecule has 0 unspecified atom stereocenters. The van der Waals surface area contributed by atoms with Gasteiger partial charge in [0, 0.05) is 16.4 Å². The summed E-state index contributed by atoms with van der Waals surface area (Å²) in [4.78, 5) is 4.59. The third-order valence-electron chi connectivity index (χ3n) is 2.76. The molecule has 3 nitrogen and oxygen atoms in total. The van der Waals surface area contributed by atoms with Crippen LogP contribution in [0, 0.1) is 4.64 Å². The number of fused-ring (bicyclic) bond motifs is 1. The van der Waals surface area contributed by atoms with Crippen molar-refractivity contribution in [2.24, 2.45) is 0 Å². The van der Waals surface area contributed by atoms with E-state index >= 15 is 0 Å². The van der Waals surface area contributed by atoms with Gasteiger partial charge in [0.2, 0.25) is 0 Å². The lowest BCUT2D eigenvalue weighted by Gasteiger charge is -2.14. The summed E-state index contributed by atoms with van der Waals surface area (Å²) in [6.45, 7) is 5.69. The molecule has 0 amide bonds. The smallest absolute Gasteiger partial charge is 0.297 e. The van der Waals surface area contributed by atoms with Gasteiger partial charge in [-0.3, -0.25) is 4.57 Å². The molecular weight excluding hydrogens is 324 g/mol. The van der Waals surface area contributed by atoms with Crippen molar-refractivity contribution in [3.63, 3.8) is 0 Å². The van der Waals surface area contributed by atoms with Crippen LogP contribution in [-0.4, -0.2) is 16.2 Å². The molecule has 5 heteroatoms. The summed E-state index contributed by atoms with van der Waals surface area (Å²) in [7, 11) is 0. The highest BCUT2D eigenvalue weighted by Crippen LogP contribution is 2.23. The van der Waals surface area contributed by atoms with Gasteiger partial charge in [-0.2, -0.15) is 4.98 Å². The van der Waals surface area contributed by atoms with Crippen LogP contribution in [0.15, 0.2) is 22.7 Å². The van der Waals surface area contributed by atoms with Gasteiger partial charge in [0.15, 0.2) is 0 Å². The molecule has 0 radical (unpaired) electrons. The topological polar surface area (TPSA) is 27.1 Å². The zero-order chi connectivity index (χ0) is 13.8. The first-order valence-electron chi connectivity index (χ1n) is 6.50. The fourth-order valence-electron chi connectivity index (χ4n) is 1.90. The normalized spacial score (nSPS) is 10.9. The first kappa shape index (κ1) is 14.5. The van der Waals surface area contributed by atoms with Crippen molar-refractivity contribution < 1.29 is 4.74 Å². The molecule has 2 aromatic rings. The zero-order valence-electron chi connectivity index (χ0n) is 11.1. The molecule has 2 rings (SSSR count). The Morgan fingerprint density at radius 3 is 2.79 bits per heavy atom. The molecule has 0 bridgehead atoms. The molecule has 0 saturated heterocycles. The van der Waals surface area contributed by atoms with Crippen molar-refractivity contribution >= 4 is 39.1 Å². The molecule has 0 N–H and O–H groups in total. The van der Waals surface area contributed by atoms with Crippen molar-refractivity contribution in [3.05, 3.63) is 27.3 Å². The molecule has 1 heterocycles. The van der Waals surface area contributed by atoms with E-state index in [0.29, 0.717) is 12.6 Å². The summed E-state index contributed by atoms with van der Waals surface area (Å²) in [5.41, 5.74) is 0.881. The minimum atomic E-state index is 0.628. The van der Waals surface area contributed by atoms with Crippen LogP contribution in [0.25, 0.3) is 10.9 Å². The molecule has 0 aliphatic carbocycles. The van der Waals surface area contributed by atoms with E-state index in [1.807, 2.05) is 22.8 Å². The van der Waals surface area contributed by atoms with Gasteiger partial charge in [-0.1, -0.05) is 42.0 Å². The van der Waals surface area contributed by atoms with Crippen LogP contribution in [-0.2, 0) is 6.54 Å². The largest absolute Gasteiger partial charge is 0.465 e. The van der Waals surface area contributed by atoms with Crippen LogP contribution in [0.2, 0.25) is 0 Å². The number of rotatable bonds is 5. The average Bonchev–Trinajstić information content (AvgIpc) is 2.41. The summed E-state index contributed by atoms with van der Waals surface area (Å²) >= 11 is 9.05. The van der Waals surface area contributed by atoms with Crippen molar-refractivity contribution in [3.8, 4) is 6.01 Å². The number of benzene rings is 1. The van der Waals surface area contributed by atoms with Crippen molar-refractivity contribution in [2.45, 2.75) is 33.2 Å². The van der Waals surface area contributed by atoms with Gasteiger partial charge in [0.1, 0.15) is 4.64 Å². The molecule has 102 valence electrons. The molecule has 0 fully saturated rings. The van der Waals surface area contributed by atoms with E-state index in [9.17, 15) is 0 Å². The van der Waals surface area contributed by atoms with Crippen LogP contribution in [0.5, 0.6) is 6.01 Å². The van der Waals surface area contributed by atoms with Crippen LogP contribution in [0.3, 0.4) is 0 Å². The Labute approximate surface area is 126 Å². The summed E-state index contributed by atoms with van der Waals surface area (Å²) in [5.74, 6) is 0. The van der Waals surface area contributed by atoms with Gasteiger partial charge < -0.3 is 4.74 Å². The first-order chi connectivity index (χ1) is 9.17. The Bertz CT molecular complexity index is 639. The second-order valence-electron chi connectivity index (χ2n) is 4.36. The maximum absolute atomic E-state index is 5.73. The summed E-state index contributed by atoms with van der Waals surface area (Å²) in [6, 6.07) is 6.58. The monoisotopic (exact) mass is 340 g/mol. The lowest BCUT2D eigenvalue weighted by atomic mass is 10.2. The minimum absolute atomic E-state index is 0.628. The fourth-order valence-corrected chi connectivity index (χ4v) is 2.59. The van der Waals surface area contributed by atoms with E-state index in [1.165, 1.54) is 0 Å². The lowest BCUT2D eigenvalue weighted by molar-refractivity contribution is 0.273. The number of hydrogen-bond donors (Lipinski definition) is 0. The molecule has 0 aliphatic rings. The van der Waals surface area contributed by atoms with Gasteiger partial charge >= 0.3 is 0 Å². The Hall–Kier alpha value is -0.940. The van der Waals surface area contributed by atoms with Gasteiger partial charge in [-0.05, 0) is 31.0 Å². The number of nitrogens with zero attached hydrogens (tertiary/aromatic N) is 2. The van der Waals surface area contributed by atoms with Gasteiger partial charge in [0.25, 0.3) is 6.01 Å². The first-order valence-corrected chi connectivity index (χ1v) is 7.70. The van der Waals surface area contributed by atoms with Crippen molar-refractivity contribution in [1.82, 2.24) is 9.55 Å². The molecule has 19 heavy (non-hydrogen) atoms. The number of halogens is 1. The molecular formula is C14H17BrN2OS. The van der Waals surface area contributed by atoms with Crippen LogP contribution >= 0.6 is 28.1 Å². The maximum Gasteiger partial charge on any atom is 0.297 e. The van der Waals surface area contributed by atoms with E-state index in [1.54, 1.807) is 0 Å². The summed E-state index contributed by atoms with van der Waals surface area (Å²) in [6.07, 6.45) is 1.96. The Morgan fingerprint density at radius 2 is 2.11 bits per heavy atom.